The molecule has 3 heterocycles. The van der Waals surface area contributed by atoms with Gasteiger partial charge in [-0.1, -0.05) is 6.07 Å². The number of amides is 1. The zero-order chi connectivity index (χ0) is 20.3. The molecule has 1 aliphatic carbocycles. The monoisotopic (exact) mass is 393 g/mol. The first-order chi connectivity index (χ1) is 13.1. The van der Waals surface area contributed by atoms with Crippen molar-refractivity contribution >= 4 is 22.6 Å². The highest BCUT2D eigenvalue weighted by Gasteiger charge is 2.59. The molecule has 0 aromatic carbocycles. The predicted octanol–water partition coefficient (Wildman–Crippen LogP) is 4.01. The van der Waals surface area contributed by atoms with Crippen LogP contribution >= 0.6 is 0 Å². The van der Waals surface area contributed by atoms with E-state index in [9.17, 15) is 22.4 Å². The average Bonchev–Trinajstić information content (AvgIpc) is 3.08. The van der Waals surface area contributed by atoms with Crippen molar-refractivity contribution in [1.82, 2.24) is 19.7 Å². The second-order valence-electron chi connectivity index (χ2n) is 6.85. The van der Waals surface area contributed by atoms with Gasteiger partial charge in [0.05, 0.1) is 17.1 Å². The van der Waals surface area contributed by atoms with Gasteiger partial charge in [-0.3, -0.25) is 4.79 Å². The van der Waals surface area contributed by atoms with Gasteiger partial charge >= 0.3 is 0 Å². The van der Waals surface area contributed by atoms with Crippen molar-refractivity contribution in [2.45, 2.75) is 38.0 Å². The minimum absolute atomic E-state index is 0.0548. The van der Waals surface area contributed by atoms with Crippen molar-refractivity contribution in [3.05, 3.63) is 41.9 Å². The van der Waals surface area contributed by atoms with E-state index in [0.29, 0.717) is 10.9 Å². The molecule has 1 fully saturated rings. The molecule has 0 radical (unpaired) electrons. The van der Waals surface area contributed by atoms with Crippen molar-refractivity contribution in [3.63, 3.8) is 0 Å². The smallest absolute Gasteiger partial charge is 0.287 e. The Kier molecular flexibility index (Phi) is 3.91. The predicted molar refractivity (Wildman–Crippen MR) is 92.8 cm³/mol. The number of carbonyl (C=O) groups excluding carboxylic acids is 1. The minimum Gasteiger partial charge on any atom is -0.311 e. The number of halogens is 4. The number of nitrogens with zero attached hydrogens (tertiary/aromatic N) is 4. The van der Waals surface area contributed by atoms with Crippen molar-refractivity contribution in [2.75, 3.05) is 5.32 Å². The van der Waals surface area contributed by atoms with Crippen LogP contribution in [0.25, 0.3) is 16.7 Å². The first kappa shape index (κ1) is 18.3. The maximum absolute atomic E-state index is 13.7. The molecule has 3 aromatic heterocycles. The molecule has 1 amide bonds. The lowest BCUT2D eigenvalue weighted by atomic mass is 10.2. The van der Waals surface area contributed by atoms with Gasteiger partial charge < -0.3 is 5.32 Å². The van der Waals surface area contributed by atoms with E-state index >= 15 is 0 Å². The molecule has 1 atom stereocenters. The topological polar surface area (TPSA) is 72.7 Å². The van der Waals surface area contributed by atoms with E-state index in [1.54, 1.807) is 0 Å². The molecule has 0 saturated heterocycles. The van der Waals surface area contributed by atoms with Crippen LogP contribution in [-0.4, -0.2) is 31.6 Å². The van der Waals surface area contributed by atoms with Crippen molar-refractivity contribution < 1.29 is 22.4 Å². The van der Waals surface area contributed by atoms with Crippen LogP contribution in [0.3, 0.4) is 0 Å². The summed E-state index contributed by atoms with van der Waals surface area (Å²) in [4.78, 5) is 19.3. The Hall–Kier alpha value is -3.04. The maximum Gasteiger partial charge on any atom is 0.287 e. The zero-order valence-corrected chi connectivity index (χ0v) is 14.9. The number of anilines is 1. The Balaban J connectivity index is 1.90. The Morgan fingerprint density at radius 1 is 1.36 bits per heavy atom. The Morgan fingerprint density at radius 3 is 2.68 bits per heavy atom. The molecule has 1 unspecified atom stereocenters. The number of pyridine rings is 2. The Bertz CT molecular complexity index is 1090. The molecule has 0 bridgehead atoms. The van der Waals surface area contributed by atoms with Crippen LogP contribution < -0.4 is 5.32 Å². The second kappa shape index (κ2) is 5.98. The highest BCUT2D eigenvalue weighted by Crippen LogP contribution is 2.56. The normalized spacial score (nSPS) is 18.3. The maximum atomic E-state index is 13.7. The zero-order valence-electron chi connectivity index (χ0n) is 14.9. The van der Waals surface area contributed by atoms with E-state index < -0.39 is 23.5 Å². The summed E-state index contributed by atoms with van der Waals surface area (Å²) in [6.45, 7) is 2.02. The summed E-state index contributed by atoms with van der Waals surface area (Å²) >= 11 is 0. The van der Waals surface area contributed by atoms with E-state index in [0.717, 1.165) is 6.92 Å². The summed E-state index contributed by atoms with van der Waals surface area (Å²) in [5, 5.41) is 7.09. The molecule has 1 aliphatic rings. The first-order valence-corrected chi connectivity index (χ1v) is 8.46. The fourth-order valence-corrected chi connectivity index (χ4v) is 3.01. The number of hydrogen-bond acceptors (Lipinski definition) is 4. The number of carbonyl (C=O) groups is 1. The van der Waals surface area contributed by atoms with Crippen LogP contribution in [0.1, 0.15) is 37.6 Å². The number of hydrogen-bond donors (Lipinski definition) is 1. The minimum atomic E-state index is -3.17. The summed E-state index contributed by atoms with van der Waals surface area (Å²) in [5.74, 6) is -7.23. The fourth-order valence-electron chi connectivity index (χ4n) is 3.01. The molecule has 4 rings (SSSR count). The van der Waals surface area contributed by atoms with Gasteiger partial charge in [0.2, 0.25) is 5.91 Å². The largest absolute Gasteiger partial charge is 0.311 e. The summed E-state index contributed by atoms with van der Waals surface area (Å²) in [6, 6.07) is 5.47. The highest BCUT2D eigenvalue weighted by atomic mass is 19.3. The molecule has 10 heteroatoms. The van der Waals surface area contributed by atoms with Crippen LogP contribution in [0.4, 0.5) is 23.4 Å². The van der Waals surface area contributed by atoms with Crippen LogP contribution in [0.2, 0.25) is 0 Å². The lowest BCUT2D eigenvalue weighted by Gasteiger charge is -2.11. The summed E-state index contributed by atoms with van der Waals surface area (Å²) in [7, 11) is 0. The summed E-state index contributed by atoms with van der Waals surface area (Å²) in [6.07, 6.45) is 0.999. The molecule has 3 aromatic rings. The molecule has 146 valence electrons. The number of aromatic nitrogens is 4. The molecule has 6 nitrogen and oxygen atoms in total. The van der Waals surface area contributed by atoms with E-state index in [1.807, 2.05) is 0 Å². The average molecular weight is 393 g/mol. The van der Waals surface area contributed by atoms with Gasteiger partial charge in [-0.2, -0.15) is 13.9 Å². The van der Waals surface area contributed by atoms with Crippen LogP contribution in [0, 0.1) is 0 Å². The van der Waals surface area contributed by atoms with Gasteiger partial charge in [-0.15, -0.1) is 0 Å². The number of rotatable bonds is 4. The third-order valence-corrected chi connectivity index (χ3v) is 4.46. The standard InChI is InChI=1S/C18H15F4N5O/c1-9(28)24-14-6-12-10(8-23-14)16(11-7-18(11,21)22)26-27(12)15-5-3-4-13(25-15)17(2,19)20/h3-6,8,11H,7H2,1-2H3,(H,23,24,28). The van der Waals surface area contributed by atoms with Gasteiger partial charge in [-0.05, 0) is 12.1 Å². The lowest BCUT2D eigenvalue weighted by molar-refractivity contribution is -0.114. The van der Waals surface area contributed by atoms with Crippen molar-refractivity contribution in [1.29, 1.82) is 0 Å². The van der Waals surface area contributed by atoms with Crippen LogP contribution in [0.5, 0.6) is 0 Å². The number of fused-ring (bicyclic) bond motifs is 1. The summed E-state index contributed by atoms with van der Waals surface area (Å²) in [5.41, 5.74) is -0.0130. The van der Waals surface area contributed by atoms with Crippen molar-refractivity contribution in [2.24, 2.45) is 0 Å². The van der Waals surface area contributed by atoms with E-state index in [-0.39, 0.29) is 29.7 Å². The SMILES string of the molecule is CC(=O)Nc1cc2c(cn1)c(C1CC1(F)F)nn2-c1cccc(C(C)(F)F)n1. The van der Waals surface area contributed by atoms with Crippen LogP contribution in [-0.2, 0) is 10.7 Å². The quantitative estimate of drug-likeness (QED) is 0.680. The van der Waals surface area contributed by atoms with E-state index in [2.05, 4.69) is 20.4 Å². The molecule has 0 aliphatic heterocycles. The molecule has 1 N–H and O–H groups in total. The molecule has 0 spiro atoms. The Labute approximate surface area is 156 Å². The third kappa shape index (κ3) is 3.19. The molecule has 28 heavy (non-hydrogen) atoms. The van der Waals surface area contributed by atoms with E-state index in [1.165, 1.54) is 42.1 Å². The van der Waals surface area contributed by atoms with Gasteiger partial charge in [0.15, 0.2) is 5.82 Å². The van der Waals surface area contributed by atoms with Gasteiger partial charge in [-0.25, -0.2) is 23.4 Å². The third-order valence-electron chi connectivity index (χ3n) is 4.46. The highest BCUT2D eigenvalue weighted by molar-refractivity contribution is 5.91. The second-order valence-corrected chi connectivity index (χ2v) is 6.85. The first-order valence-electron chi connectivity index (χ1n) is 8.46. The molecule has 1 saturated carbocycles. The van der Waals surface area contributed by atoms with Gasteiger partial charge in [0.25, 0.3) is 11.8 Å². The van der Waals surface area contributed by atoms with Crippen LogP contribution in [0.15, 0.2) is 30.5 Å². The van der Waals surface area contributed by atoms with E-state index in [4.69, 9.17) is 0 Å². The van der Waals surface area contributed by atoms with Gasteiger partial charge in [0, 0.05) is 37.9 Å². The van der Waals surface area contributed by atoms with Crippen molar-refractivity contribution in [3.8, 4) is 5.82 Å². The number of nitrogens with one attached hydrogen (secondary N) is 1. The molecular formula is C18H15F4N5O. The fraction of sp³-hybridized carbons (Fsp3) is 0.333. The van der Waals surface area contributed by atoms with Gasteiger partial charge in [0.1, 0.15) is 11.5 Å². The Morgan fingerprint density at radius 2 is 2.07 bits per heavy atom. The molecular weight excluding hydrogens is 378 g/mol. The lowest BCUT2D eigenvalue weighted by Crippen LogP contribution is -2.12. The summed E-state index contributed by atoms with van der Waals surface area (Å²) < 4.78 is 55.9. The number of alkyl halides is 4.